The first-order chi connectivity index (χ1) is 24.5. The Balaban J connectivity index is 2.36. The Morgan fingerprint density at radius 3 is 2.08 bits per heavy atom. The Labute approximate surface area is 306 Å². The van der Waals surface area contributed by atoms with Gasteiger partial charge in [0.1, 0.15) is 12.4 Å². The molecule has 0 heterocycles. The van der Waals surface area contributed by atoms with Crippen molar-refractivity contribution in [1.29, 1.82) is 0 Å². The molecule has 1 fully saturated rings. The van der Waals surface area contributed by atoms with E-state index in [1.165, 1.54) is 25.7 Å². The van der Waals surface area contributed by atoms with Crippen molar-refractivity contribution in [3.8, 4) is 0 Å². The lowest BCUT2D eigenvalue weighted by atomic mass is 9.90. The second-order valence-corrected chi connectivity index (χ2v) is 14.9. The molecule has 0 aliphatic heterocycles. The zero-order chi connectivity index (χ0) is 37.7. The number of esters is 2. The first kappa shape index (κ1) is 46.9. The normalized spacial score (nSPS) is 19.4. The van der Waals surface area contributed by atoms with Crippen molar-refractivity contribution >= 4 is 25.5 Å². The van der Waals surface area contributed by atoms with E-state index in [-0.39, 0.29) is 43.5 Å². The molecule has 0 spiro atoms. The molecule has 1 rings (SSSR count). The van der Waals surface area contributed by atoms with Crippen LogP contribution in [0.4, 0.5) is 0 Å². The number of hydrogen-bond acceptors (Lipinski definition) is 9. The Bertz CT molecular complexity index is 1080. The maximum absolute atomic E-state index is 12.5. The summed E-state index contributed by atoms with van der Waals surface area (Å²) in [7, 11) is -4.83. The average molecular weight is 743 g/mol. The highest BCUT2D eigenvalue weighted by atomic mass is 31.2. The quantitative estimate of drug-likeness (QED) is 0.0234. The topological polar surface area (TPSA) is 177 Å². The highest BCUT2D eigenvalue weighted by Crippen LogP contribution is 2.36. The van der Waals surface area contributed by atoms with Crippen molar-refractivity contribution in [3.05, 3.63) is 36.5 Å². The number of allylic oxidation sites excluding steroid dienone is 4. The third kappa shape index (κ3) is 25.5. The third-order valence-corrected chi connectivity index (χ3v) is 9.49. The number of ether oxygens (including phenoxy) is 2. The van der Waals surface area contributed by atoms with Crippen LogP contribution < -0.4 is 0 Å². The van der Waals surface area contributed by atoms with Gasteiger partial charge in [0.05, 0.1) is 18.8 Å². The van der Waals surface area contributed by atoms with E-state index in [1.54, 1.807) is 12.2 Å². The predicted molar refractivity (Wildman–Crippen MR) is 199 cm³/mol. The maximum Gasteiger partial charge on any atom is 0.469 e. The number of unbranched alkanes of at least 4 members (excludes halogenated alkanes) is 12. The van der Waals surface area contributed by atoms with Gasteiger partial charge in [-0.25, -0.2) is 4.57 Å². The van der Waals surface area contributed by atoms with E-state index in [4.69, 9.17) is 19.3 Å². The summed E-state index contributed by atoms with van der Waals surface area (Å²) in [5, 5.41) is 20.6. The van der Waals surface area contributed by atoms with Gasteiger partial charge in [-0.15, -0.1) is 0 Å². The van der Waals surface area contributed by atoms with Crippen LogP contribution in [0.5, 0.6) is 0 Å². The summed E-state index contributed by atoms with van der Waals surface area (Å²) in [6.45, 7) is 3.31. The number of Topliss-reactive ketones (excluding diaryl/α,β-unsaturated/α-hetero) is 1. The third-order valence-electron chi connectivity index (χ3n) is 9.00. The molecule has 1 aliphatic rings. The SMILES string of the molecule is CCCCCC/C=C\CCCCCCCC(=O)OC[C@H](COP(=O)(O)O)OC(=O)CCC/C=C\C[C@H]1C(=O)C[C@@H](O)[C@@H]1/C=C/[C@@H](O)CCCCC. The lowest BCUT2D eigenvalue weighted by Crippen LogP contribution is -2.29. The molecule has 0 aromatic rings. The molecule has 11 nitrogen and oxygen atoms in total. The highest BCUT2D eigenvalue weighted by molar-refractivity contribution is 7.46. The van der Waals surface area contributed by atoms with Crippen molar-refractivity contribution in [1.82, 2.24) is 0 Å². The van der Waals surface area contributed by atoms with Crippen molar-refractivity contribution in [3.63, 3.8) is 0 Å². The summed E-state index contributed by atoms with van der Waals surface area (Å²) in [6, 6.07) is 0. The van der Waals surface area contributed by atoms with E-state index in [1.807, 2.05) is 12.2 Å². The van der Waals surface area contributed by atoms with Gasteiger partial charge < -0.3 is 29.5 Å². The molecule has 5 atom stereocenters. The first-order valence-electron chi connectivity index (χ1n) is 19.4. The van der Waals surface area contributed by atoms with Crippen LogP contribution in [0.15, 0.2) is 36.5 Å². The number of carbonyl (C=O) groups is 3. The van der Waals surface area contributed by atoms with Crippen LogP contribution in [0.25, 0.3) is 0 Å². The zero-order valence-electron chi connectivity index (χ0n) is 31.2. The molecule has 1 saturated carbocycles. The van der Waals surface area contributed by atoms with E-state index in [0.717, 1.165) is 57.8 Å². The molecular weight excluding hydrogens is 675 g/mol. The van der Waals surface area contributed by atoms with Crippen LogP contribution in [-0.2, 0) is 32.9 Å². The minimum atomic E-state index is -4.83. The molecule has 12 heteroatoms. The molecule has 51 heavy (non-hydrogen) atoms. The number of ketones is 1. The number of hydrogen-bond donors (Lipinski definition) is 4. The van der Waals surface area contributed by atoms with Crippen molar-refractivity contribution in [2.24, 2.45) is 11.8 Å². The van der Waals surface area contributed by atoms with Gasteiger partial charge in [-0.05, 0) is 57.8 Å². The van der Waals surface area contributed by atoms with Crippen molar-refractivity contribution in [2.45, 2.75) is 167 Å². The fraction of sp³-hybridized carbons (Fsp3) is 0.769. The molecule has 0 bridgehead atoms. The van der Waals surface area contributed by atoms with Crippen LogP contribution in [-0.4, -0.2) is 69.2 Å². The minimum absolute atomic E-state index is 0.0157. The van der Waals surface area contributed by atoms with Gasteiger partial charge in [0.15, 0.2) is 6.10 Å². The fourth-order valence-corrected chi connectivity index (χ4v) is 6.35. The van der Waals surface area contributed by atoms with Gasteiger partial charge in [-0.1, -0.05) is 108 Å². The van der Waals surface area contributed by atoms with Gasteiger partial charge in [0, 0.05) is 31.1 Å². The molecule has 0 saturated heterocycles. The molecule has 294 valence electrons. The number of rotatable bonds is 31. The summed E-state index contributed by atoms with van der Waals surface area (Å²) in [6.07, 6.45) is 26.6. The second kappa shape index (κ2) is 29.3. The summed E-state index contributed by atoms with van der Waals surface area (Å²) in [5.74, 6) is -1.84. The first-order valence-corrected chi connectivity index (χ1v) is 20.9. The zero-order valence-corrected chi connectivity index (χ0v) is 32.1. The van der Waals surface area contributed by atoms with E-state index < -0.39 is 44.7 Å². The summed E-state index contributed by atoms with van der Waals surface area (Å²) in [4.78, 5) is 55.4. The smallest absolute Gasteiger partial charge is 0.462 e. The minimum Gasteiger partial charge on any atom is -0.462 e. The van der Waals surface area contributed by atoms with Crippen LogP contribution in [0.3, 0.4) is 0 Å². The monoisotopic (exact) mass is 742 g/mol. The van der Waals surface area contributed by atoms with Crippen LogP contribution in [0.2, 0.25) is 0 Å². The number of aliphatic hydroxyl groups excluding tert-OH is 2. The van der Waals surface area contributed by atoms with Crippen molar-refractivity contribution in [2.75, 3.05) is 13.2 Å². The molecule has 0 radical (unpaired) electrons. The van der Waals surface area contributed by atoms with Gasteiger partial charge in [0.2, 0.25) is 0 Å². The summed E-state index contributed by atoms with van der Waals surface area (Å²) < 4.78 is 26.3. The Kier molecular flexibility index (Phi) is 27.0. The Morgan fingerprint density at radius 2 is 1.39 bits per heavy atom. The average Bonchev–Trinajstić information content (AvgIpc) is 3.35. The van der Waals surface area contributed by atoms with Gasteiger partial charge in [-0.2, -0.15) is 0 Å². The molecular formula is C39H67O11P. The number of aliphatic hydroxyl groups is 2. The number of phosphoric ester groups is 1. The molecule has 4 N–H and O–H groups in total. The van der Waals surface area contributed by atoms with Gasteiger partial charge in [0.25, 0.3) is 0 Å². The molecule has 1 aliphatic carbocycles. The van der Waals surface area contributed by atoms with Crippen LogP contribution in [0.1, 0.15) is 149 Å². The van der Waals surface area contributed by atoms with Crippen LogP contribution in [0, 0.1) is 11.8 Å². The van der Waals surface area contributed by atoms with Gasteiger partial charge >= 0.3 is 19.8 Å². The Hall–Kier alpha value is -2.14. The van der Waals surface area contributed by atoms with E-state index >= 15 is 0 Å². The maximum atomic E-state index is 12.5. The molecule has 0 aromatic heterocycles. The summed E-state index contributed by atoms with van der Waals surface area (Å²) >= 11 is 0. The summed E-state index contributed by atoms with van der Waals surface area (Å²) in [5.41, 5.74) is 0. The largest absolute Gasteiger partial charge is 0.469 e. The Morgan fingerprint density at radius 1 is 0.804 bits per heavy atom. The van der Waals surface area contributed by atoms with Gasteiger partial charge in [-0.3, -0.25) is 18.9 Å². The standard InChI is InChI=1S/C39H67O11P/c1-3-5-7-8-9-10-11-12-13-14-15-16-21-25-38(43)48-30-33(31-49-51(45,46)47)50-39(44)26-22-18-17-20-24-34-35(37(42)29-36(34)41)28-27-32(40)23-19-6-4-2/h10-11,17,20,27-28,32-35,37,40,42H,3-9,12-16,18-19,21-26,29-31H2,1-2H3,(H2,45,46,47)/b11-10-,20-17-,28-27+/t32-,33+,34+,35+,37+/m0/s1. The van der Waals surface area contributed by atoms with Crippen LogP contribution >= 0.6 is 7.82 Å². The predicted octanol–water partition coefficient (Wildman–Crippen LogP) is 7.99. The highest BCUT2D eigenvalue weighted by Gasteiger charge is 2.39. The lowest BCUT2D eigenvalue weighted by molar-refractivity contribution is -0.161. The second-order valence-electron chi connectivity index (χ2n) is 13.7. The molecule has 0 amide bonds. The number of phosphoric acid groups is 1. The van der Waals surface area contributed by atoms with Crippen molar-refractivity contribution < 1.29 is 52.9 Å². The fourth-order valence-electron chi connectivity index (χ4n) is 5.99. The molecule has 0 unspecified atom stereocenters. The van der Waals surface area contributed by atoms with E-state index in [0.29, 0.717) is 32.1 Å². The van der Waals surface area contributed by atoms with E-state index in [9.17, 15) is 29.2 Å². The lowest BCUT2D eigenvalue weighted by Gasteiger charge is -2.18. The van der Waals surface area contributed by atoms with E-state index in [2.05, 4.69) is 30.5 Å². The number of carbonyl (C=O) groups excluding carboxylic acids is 3. The molecule has 0 aromatic carbocycles.